The molecule has 0 saturated carbocycles. The zero-order chi connectivity index (χ0) is 12.1. The number of halogens is 1. The Morgan fingerprint density at radius 1 is 1.62 bits per heavy atom. The third-order valence-corrected chi connectivity index (χ3v) is 2.20. The first-order chi connectivity index (χ1) is 7.60. The molecule has 0 spiro atoms. The summed E-state index contributed by atoms with van der Waals surface area (Å²) in [6, 6.07) is 3.65. The molecule has 0 heterocycles. The van der Waals surface area contributed by atoms with Crippen LogP contribution in [0.4, 0.5) is 4.39 Å². The van der Waals surface area contributed by atoms with Crippen LogP contribution < -0.4 is 15.8 Å². The lowest BCUT2D eigenvalue weighted by Gasteiger charge is -2.15. The van der Waals surface area contributed by atoms with E-state index < -0.39 is 17.8 Å². The van der Waals surface area contributed by atoms with Gasteiger partial charge in [-0.3, -0.25) is 4.79 Å². The minimum atomic E-state index is -0.676. The average molecular weight is 226 g/mol. The predicted octanol–water partition coefficient (Wildman–Crippen LogP) is 0.970. The normalized spacial score (nSPS) is 12.2. The summed E-state index contributed by atoms with van der Waals surface area (Å²) in [6.07, 6.45) is 0. The first-order valence-corrected chi connectivity index (χ1v) is 4.96. The van der Waals surface area contributed by atoms with Crippen molar-refractivity contribution in [1.29, 1.82) is 0 Å². The van der Waals surface area contributed by atoms with Crippen LogP contribution in [0.3, 0.4) is 0 Å². The largest absolute Gasteiger partial charge is 0.494 e. The van der Waals surface area contributed by atoms with Gasteiger partial charge in [-0.2, -0.15) is 0 Å². The Kier molecular flexibility index (Phi) is 4.25. The molecule has 3 N–H and O–H groups in total. The quantitative estimate of drug-likeness (QED) is 0.786. The molecule has 1 atom stereocenters. The van der Waals surface area contributed by atoms with E-state index in [2.05, 4.69) is 5.32 Å². The lowest BCUT2D eigenvalue weighted by molar-refractivity contribution is -0.120. The smallest absolute Gasteiger partial charge is 0.239 e. The molecule has 1 unspecified atom stereocenters. The predicted molar refractivity (Wildman–Crippen MR) is 58.6 cm³/mol. The Balaban J connectivity index is 3.01. The SMILES string of the molecule is CCNC(C(N)=O)c1ccc(OC)c(F)c1. The molecule has 0 aliphatic carbocycles. The van der Waals surface area contributed by atoms with Crippen molar-refractivity contribution in [3.8, 4) is 5.75 Å². The summed E-state index contributed by atoms with van der Waals surface area (Å²) in [4.78, 5) is 11.2. The summed E-state index contributed by atoms with van der Waals surface area (Å²) in [7, 11) is 1.38. The van der Waals surface area contributed by atoms with Crippen LogP contribution in [0.25, 0.3) is 0 Å². The molecule has 4 nitrogen and oxygen atoms in total. The molecule has 5 heteroatoms. The molecule has 0 fully saturated rings. The van der Waals surface area contributed by atoms with Gasteiger partial charge in [-0.25, -0.2) is 4.39 Å². The number of primary amides is 1. The summed E-state index contributed by atoms with van der Waals surface area (Å²) in [6.45, 7) is 2.41. The first kappa shape index (κ1) is 12.4. The molecular formula is C11H15FN2O2. The highest BCUT2D eigenvalue weighted by atomic mass is 19.1. The minimum absolute atomic E-state index is 0.142. The number of carbonyl (C=O) groups is 1. The van der Waals surface area contributed by atoms with Gasteiger partial charge in [-0.1, -0.05) is 13.0 Å². The van der Waals surface area contributed by atoms with E-state index in [0.29, 0.717) is 12.1 Å². The standard InChI is InChI=1S/C11H15FN2O2/c1-3-14-10(11(13)15)7-4-5-9(16-2)8(12)6-7/h4-6,10,14H,3H2,1-2H3,(H2,13,15). The second-order valence-electron chi connectivity index (χ2n) is 3.29. The maximum Gasteiger partial charge on any atom is 0.239 e. The zero-order valence-corrected chi connectivity index (χ0v) is 9.29. The number of ether oxygens (including phenoxy) is 1. The van der Waals surface area contributed by atoms with Crippen LogP contribution in [0.5, 0.6) is 5.75 Å². The number of nitrogens with two attached hydrogens (primary N) is 1. The Hall–Kier alpha value is -1.62. The summed E-state index contributed by atoms with van der Waals surface area (Å²) in [5, 5.41) is 2.88. The fourth-order valence-electron chi connectivity index (χ4n) is 1.45. The van der Waals surface area contributed by atoms with Gasteiger partial charge in [0.25, 0.3) is 0 Å². The van der Waals surface area contributed by atoms with Crippen LogP contribution >= 0.6 is 0 Å². The van der Waals surface area contributed by atoms with Crippen molar-refractivity contribution in [2.75, 3.05) is 13.7 Å². The van der Waals surface area contributed by atoms with Crippen LogP contribution in [-0.2, 0) is 4.79 Å². The molecule has 16 heavy (non-hydrogen) atoms. The Morgan fingerprint density at radius 2 is 2.31 bits per heavy atom. The van der Waals surface area contributed by atoms with Gasteiger partial charge in [-0.15, -0.1) is 0 Å². The number of hydrogen-bond acceptors (Lipinski definition) is 3. The molecule has 0 aliphatic heterocycles. The van der Waals surface area contributed by atoms with Crippen LogP contribution in [0.15, 0.2) is 18.2 Å². The summed E-state index contributed by atoms with van der Waals surface area (Å²) in [5.41, 5.74) is 5.71. The number of nitrogens with one attached hydrogen (secondary N) is 1. The zero-order valence-electron chi connectivity index (χ0n) is 9.29. The average Bonchev–Trinajstić information content (AvgIpc) is 2.25. The van der Waals surface area contributed by atoms with E-state index >= 15 is 0 Å². The summed E-state index contributed by atoms with van der Waals surface area (Å²) >= 11 is 0. The van der Waals surface area contributed by atoms with Crippen molar-refractivity contribution in [2.24, 2.45) is 5.73 Å². The van der Waals surface area contributed by atoms with Crippen LogP contribution in [0.1, 0.15) is 18.5 Å². The molecule has 1 rings (SSSR count). The van der Waals surface area contributed by atoms with Crippen molar-refractivity contribution in [3.05, 3.63) is 29.6 Å². The van der Waals surface area contributed by atoms with E-state index in [4.69, 9.17) is 10.5 Å². The van der Waals surface area contributed by atoms with Gasteiger partial charge in [0.05, 0.1) is 7.11 Å². The van der Waals surface area contributed by atoms with Crippen molar-refractivity contribution < 1.29 is 13.9 Å². The highest BCUT2D eigenvalue weighted by Crippen LogP contribution is 2.21. The van der Waals surface area contributed by atoms with E-state index in [-0.39, 0.29) is 5.75 Å². The van der Waals surface area contributed by atoms with Crippen LogP contribution in [-0.4, -0.2) is 19.6 Å². The molecule has 0 aliphatic rings. The summed E-state index contributed by atoms with van der Waals surface area (Å²) < 4.78 is 18.2. The molecular weight excluding hydrogens is 211 g/mol. The van der Waals surface area contributed by atoms with Crippen molar-refractivity contribution in [3.63, 3.8) is 0 Å². The van der Waals surface area contributed by atoms with E-state index in [1.54, 1.807) is 6.07 Å². The van der Waals surface area contributed by atoms with E-state index in [1.807, 2.05) is 6.92 Å². The number of methoxy groups -OCH3 is 1. The Labute approximate surface area is 93.6 Å². The van der Waals surface area contributed by atoms with Gasteiger partial charge in [0.1, 0.15) is 6.04 Å². The van der Waals surface area contributed by atoms with E-state index in [0.717, 1.165) is 0 Å². The lowest BCUT2D eigenvalue weighted by Crippen LogP contribution is -2.33. The lowest BCUT2D eigenvalue weighted by atomic mass is 10.1. The highest BCUT2D eigenvalue weighted by molar-refractivity contribution is 5.81. The van der Waals surface area contributed by atoms with Gasteiger partial charge >= 0.3 is 0 Å². The van der Waals surface area contributed by atoms with Crippen LogP contribution in [0, 0.1) is 5.82 Å². The second kappa shape index (κ2) is 5.46. The van der Waals surface area contributed by atoms with Crippen LogP contribution in [0.2, 0.25) is 0 Å². The fraction of sp³-hybridized carbons (Fsp3) is 0.364. The Bertz CT molecular complexity index is 382. The van der Waals surface area contributed by atoms with Gasteiger partial charge in [-0.05, 0) is 24.2 Å². The molecule has 0 saturated heterocycles. The monoisotopic (exact) mass is 226 g/mol. The summed E-state index contributed by atoms with van der Waals surface area (Å²) in [5.74, 6) is -0.904. The first-order valence-electron chi connectivity index (χ1n) is 4.96. The molecule has 0 radical (unpaired) electrons. The van der Waals surface area contributed by atoms with Crippen molar-refractivity contribution >= 4 is 5.91 Å². The number of hydrogen-bond donors (Lipinski definition) is 2. The third-order valence-electron chi connectivity index (χ3n) is 2.20. The van der Waals surface area contributed by atoms with E-state index in [1.165, 1.54) is 19.2 Å². The number of amides is 1. The maximum atomic E-state index is 13.4. The van der Waals surface area contributed by atoms with Crippen molar-refractivity contribution in [1.82, 2.24) is 5.32 Å². The number of benzene rings is 1. The molecule has 1 amide bonds. The van der Waals surface area contributed by atoms with Crippen molar-refractivity contribution in [2.45, 2.75) is 13.0 Å². The van der Waals surface area contributed by atoms with Gasteiger partial charge in [0.15, 0.2) is 11.6 Å². The van der Waals surface area contributed by atoms with Gasteiger partial charge in [0, 0.05) is 0 Å². The number of carbonyl (C=O) groups excluding carboxylic acids is 1. The second-order valence-corrected chi connectivity index (χ2v) is 3.29. The number of likely N-dealkylation sites (N-methyl/N-ethyl adjacent to an activating group) is 1. The third kappa shape index (κ3) is 2.70. The molecule has 0 aromatic heterocycles. The molecule has 1 aromatic rings. The molecule has 88 valence electrons. The van der Waals surface area contributed by atoms with E-state index in [9.17, 15) is 9.18 Å². The highest BCUT2D eigenvalue weighted by Gasteiger charge is 2.17. The topological polar surface area (TPSA) is 64.3 Å². The minimum Gasteiger partial charge on any atom is -0.494 e. The van der Waals surface area contributed by atoms with Gasteiger partial charge in [0.2, 0.25) is 5.91 Å². The molecule has 0 bridgehead atoms. The molecule has 1 aromatic carbocycles. The Morgan fingerprint density at radius 3 is 2.75 bits per heavy atom. The maximum absolute atomic E-state index is 13.4. The number of rotatable bonds is 5. The van der Waals surface area contributed by atoms with Gasteiger partial charge < -0.3 is 15.8 Å². The fourth-order valence-corrected chi connectivity index (χ4v) is 1.45.